The molecule has 0 fully saturated rings. The molecule has 0 aromatic carbocycles. The fourth-order valence-corrected chi connectivity index (χ4v) is 1.87. The number of aliphatic hydroxyl groups is 1. The lowest BCUT2D eigenvalue weighted by atomic mass is 9.83. The molecule has 1 rings (SSSR count). The van der Waals surface area contributed by atoms with Gasteiger partial charge in [0.2, 0.25) is 0 Å². The highest BCUT2D eigenvalue weighted by molar-refractivity contribution is 5.19. The molecular formula is C15H24O. The van der Waals surface area contributed by atoms with Crippen LogP contribution in [0.4, 0.5) is 0 Å². The zero-order valence-electron chi connectivity index (χ0n) is 10.8. The minimum absolute atomic E-state index is 0.159. The molecule has 0 radical (unpaired) electrons. The summed E-state index contributed by atoms with van der Waals surface area (Å²) in [7, 11) is 0. The van der Waals surface area contributed by atoms with Crippen LogP contribution in [-0.2, 0) is 0 Å². The summed E-state index contributed by atoms with van der Waals surface area (Å²) < 4.78 is 0. The highest BCUT2D eigenvalue weighted by Gasteiger charge is 2.24. The molecule has 1 N–H and O–H groups in total. The second kappa shape index (κ2) is 5.49. The van der Waals surface area contributed by atoms with Crippen molar-refractivity contribution in [3.05, 3.63) is 36.0 Å². The Morgan fingerprint density at radius 1 is 1.38 bits per heavy atom. The number of hydrogen-bond acceptors (Lipinski definition) is 1. The molecule has 90 valence electrons. The molecule has 0 aromatic heterocycles. The normalized spacial score (nSPS) is 32.4. The maximum absolute atomic E-state index is 10.1. The van der Waals surface area contributed by atoms with Crippen LogP contribution in [0.2, 0.25) is 0 Å². The van der Waals surface area contributed by atoms with Gasteiger partial charge in [0.1, 0.15) is 0 Å². The van der Waals surface area contributed by atoms with E-state index < -0.39 is 0 Å². The van der Waals surface area contributed by atoms with Crippen LogP contribution < -0.4 is 0 Å². The summed E-state index contributed by atoms with van der Waals surface area (Å²) in [6.45, 7) is 10.3. The Morgan fingerprint density at radius 2 is 2.06 bits per heavy atom. The third kappa shape index (κ3) is 3.97. The van der Waals surface area contributed by atoms with Crippen LogP contribution in [-0.4, -0.2) is 11.2 Å². The lowest BCUT2D eigenvalue weighted by Gasteiger charge is -2.27. The molecular weight excluding hydrogens is 196 g/mol. The number of allylic oxidation sites excluding steroid dienone is 4. The van der Waals surface area contributed by atoms with Gasteiger partial charge in [-0.3, -0.25) is 0 Å². The van der Waals surface area contributed by atoms with E-state index in [9.17, 15) is 5.11 Å². The van der Waals surface area contributed by atoms with Crippen molar-refractivity contribution in [2.75, 3.05) is 0 Å². The van der Waals surface area contributed by atoms with Gasteiger partial charge in [0.15, 0.2) is 0 Å². The molecule has 0 aliphatic heterocycles. The summed E-state index contributed by atoms with van der Waals surface area (Å²) >= 11 is 0. The van der Waals surface area contributed by atoms with E-state index in [-0.39, 0.29) is 11.5 Å². The number of rotatable bonds is 0. The predicted octanol–water partition coefficient (Wildman–Crippen LogP) is 4.01. The van der Waals surface area contributed by atoms with Gasteiger partial charge in [0, 0.05) is 5.41 Å². The van der Waals surface area contributed by atoms with E-state index in [1.165, 1.54) is 5.57 Å². The molecule has 0 saturated heterocycles. The highest BCUT2D eigenvalue weighted by Crippen LogP contribution is 2.28. The van der Waals surface area contributed by atoms with Crippen LogP contribution in [0.3, 0.4) is 0 Å². The largest absolute Gasteiger partial charge is 0.392 e. The Bertz CT molecular complexity index is 307. The summed E-state index contributed by atoms with van der Waals surface area (Å²) in [5.74, 6) is 0. The van der Waals surface area contributed by atoms with Crippen molar-refractivity contribution in [2.24, 2.45) is 5.41 Å². The molecule has 0 amide bonds. The standard InChI is InChI=1S/C15H24O/c1-12-6-5-7-13(2)10-11-15(3,4)14(16)9-8-12/h6,10-11,14,16H,2,5,7-9H2,1,3-4H3/b11-10+,12-6+. The lowest BCUT2D eigenvalue weighted by Crippen LogP contribution is -2.27. The van der Waals surface area contributed by atoms with E-state index in [4.69, 9.17) is 0 Å². The van der Waals surface area contributed by atoms with Gasteiger partial charge in [-0.05, 0) is 32.6 Å². The van der Waals surface area contributed by atoms with Crippen molar-refractivity contribution in [3.8, 4) is 0 Å². The first kappa shape index (κ1) is 13.2. The van der Waals surface area contributed by atoms with Crippen molar-refractivity contribution in [3.63, 3.8) is 0 Å². The molecule has 1 aliphatic carbocycles. The van der Waals surface area contributed by atoms with Crippen molar-refractivity contribution in [1.82, 2.24) is 0 Å². The van der Waals surface area contributed by atoms with E-state index in [0.717, 1.165) is 31.3 Å². The van der Waals surface area contributed by atoms with Crippen LogP contribution >= 0.6 is 0 Å². The minimum Gasteiger partial charge on any atom is -0.392 e. The van der Waals surface area contributed by atoms with Gasteiger partial charge in [0.25, 0.3) is 0 Å². The maximum Gasteiger partial charge on any atom is 0.0628 e. The van der Waals surface area contributed by atoms with Crippen LogP contribution in [0.15, 0.2) is 36.0 Å². The first-order chi connectivity index (χ1) is 7.42. The fraction of sp³-hybridized carbons (Fsp3) is 0.600. The van der Waals surface area contributed by atoms with Crippen LogP contribution in [0.1, 0.15) is 46.5 Å². The van der Waals surface area contributed by atoms with Crippen LogP contribution in [0.5, 0.6) is 0 Å². The summed E-state index contributed by atoms with van der Waals surface area (Å²) in [6.07, 6.45) is 10.1. The van der Waals surface area contributed by atoms with Crippen molar-refractivity contribution in [2.45, 2.75) is 52.6 Å². The van der Waals surface area contributed by atoms with Crippen molar-refractivity contribution in [1.29, 1.82) is 0 Å². The first-order valence-corrected chi connectivity index (χ1v) is 6.12. The summed E-state index contributed by atoms with van der Waals surface area (Å²) in [5, 5.41) is 10.1. The molecule has 16 heavy (non-hydrogen) atoms. The van der Waals surface area contributed by atoms with E-state index in [1.807, 2.05) is 0 Å². The number of hydrogen-bond donors (Lipinski definition) is 1. The Labute approximate surface area is 99.6 Å². The third-order valence-electron chi connectivity index (χ3n) is 3.38. The number of aliphatic hydroxyl groups excluding tert-OH is 1. The zero-order chi connectivity index (χ0) is 12.2. The summed E-state index contributed by atoms with van der Waals surface area (Å²) in [4.78, 5) is 0. The molecule has 1 atom stereocenters. The average molecular weight is 220 g/mol. The van der Waals surface area contributed by atoms with E-state index >= 15 is 0 Å². The monoisotopic (exact) mass is 220 g/mol. The molecule has 0 spiro atoms. The van der Waals surface area contributed by atoms with Gasteiger partial charge in [-0.1, -0.05) is 49.8 Å². The lowest BCUT2D eigenvalue weighted by molar-refractivity contribution is 0.0742. The quantitative estimate of drug-likeness (QED) is 0.612. The van der Waals surface area contributed by atoms with Gasteiger partial charge >= 0.3 is 0 Å². The zero-order valence-corrected chi connectivity index (χ0v) is 10.8. The smallest absolute Gasteiger partial charge is 0.0628 e. The molecule has 0 aromatic rings. The Morgan fingerprint density at radius 3 is 2.75 bits per heavy atom. The van der Waals surface area contributed by atoms with Crippen LogP contribution in [0, 0.1) is 5.41 Å². The Hall–Kier alpha value is -0.820. The van der Waals surface area contributed by atoms with Gasteiger partial charge in [-0.15, -0.1) is 0 Å². The molecule has 1 nitrogen and oxygen atoms in total. The first-order valence-electron chi connectivity index (χ1n) is 6.12. The molecule has 0 bridgehead atoms. The van der Waals surface area contributed by atoms with Crippen LogP contribution in [0.25, 0.3) is 0 Å². The Kier molecular flexibility index (Phi) is 4.55. The van der Waals surface area contributed by atoms with Gasteiger partial charge in [-0.2, -0.15) is 0 Å². The summed E-state index contributed by atoms with van der Waals surface area (Å²) in [5.41, 5.74) is 2.36. The van der Waals surface area contributed by atoms with Gasteiger partial charge in [0.05, 0.1) is 6.10 Å². The second-order valence-corrected chi connectivity index (χ2v) is 5.46. The SMILES string of the molecule is C=C1/C=C/C(C)(C)C(O)CC/C(C)=C/CC1. The molecule has 1 aliphatic rings. The average Bonchev–Trinajstić information content (AvgIpc) is 2.23. The second-order valence-electron chi connectivity index (χ2n) is 5.46. The fourth-order valence-electron chi connectivity index (χ4n) is 1.87. The van der Waals surface area contributed by atoms with Gasteiger partial charge < -0.3 is 5.11 Å². The van der Waals surface area contributed by atoms with E-state index in [1.54, 1.807) is 0 Å². The van der Waals surface area contributed by atoms with Gasteiger partial charge in [-0.25, -0.2) is 0 Å². The highest BCUT2D eigenvalue weighted by atomic mass is 16.3. The van der Waals surface area contributed by atoms with E-state index in [0.29, 0.717) is 0 Å². The predicted molar refractivity (Wildman–Crippen MR) is 70.3 cm³/mol. The molecule has 1 unspecified atom stereocenters. The summed E-state index contributed by atoms with van der Waals surface area (Å²) in [6, 6.07) is 0. The third-order valence-corrected chi connectivity index (χ3v) is 3.38. The van der Waals surface area contributed by atoms with Crippen molar-refractivity contribution >= 4 is 0 Å². The minimum atomic E-state index is -0.280. The molecule has 1 heteroatoms. The maximum atomic E-state index is 10.1. The Balaban J connectivity index is 2.84. The van der Waals surface area contributed by atoms with E-state index in [2.05, 4.69) is 45.6 Å². The molecule has 0 heterocycles. The topological polar surface area (TPSA) is 20.2 Å². The van der Waals surface area contributed by atoms with Crippen molar-refractivity contribution < 1.29 is 5.11 Å². The molecule has 0 saturated carbocycles.